The smallest absolute Gasteiger partial charge is 0.333 e. The van der Waals surface area contributed by atoms with Crippen LogP contribution in [-0.4, -0.2) is 59.4 Å². The highest BCUT2D eigenvalue weighted by molar-refractivity contribution is 5.80. The van der Waals surface area contributed by atoms with E-state index < -0.39 is 24.5 Å². The molecular weight excluding hydrogens is 228 g/mol. The molecule has 7 heteroatoms. The quantitative estimate of drug-likeness (QED) is 0.513. The number of ether oxygens (including phenoxy) is 1. The molecule has 0 bridgehead atoms. The first-order valence-corrected chi connectivity index (χ1v) is 5.30. The van der Waals surface area contributed by atoms with E-state index in [0.717, 1.165) is 13.1 Å². The molecule has 0 aromatic rings. The Hall–Kier alpha value is -1.18. The first-order chi connectivity index (χ1) is 7.51. The van der Waals surface area contributed by atoms with Crippen LogP contribution in [0.4, 0.5) is 0 Å². The predicted molar refractivity (Wildman–Crippen MR) is 62.0 cm³/mol. The first-order valence-electron chi connectivity index (χ1n) is 5.30. The van der Waals surface area contributed by atoms with Gasteiger partial charge in [0.2, 0.25) is 0 Å². The topological polar surface area (TPSA) is 122 Å². The minimum absolute atomic E-state index is 0. The normalized spacial score (nSPS) is 11.8. The summed E-state index contributed by atoms with van der Waals surface area (Å²) in [6, 6.07) is 0. The van der Waals surface area contributed by atoms with Gasteiger partial charge in [0.1, 0.15) is 6.61 Å². The van der Waals surface area contributed by atoms with Gasteiger partial charge in [0.25, 0.3) is 0 Å². The minimum atomic E-state index is -1.68. The summed E-state index contributed by atoms with van der Waals surface area (Å²) in [6.07, 6.45) is -2.19. The van der Waals surface area contributed by atoms with Crippen molar-refractivity contribution in [2.45, 2.75) is 26.4 Å². The molecule has 7 nitrogen and oxygen atoms in total. The van der Waals surface area contributed by atoms with Gasteiger partial charge < -0.3 is 26.0 Å². The van der Waals surface area contributed by atoms with Gasteiger partial charge in [0, 0.05) is 6.54 Å². The Morgan fingerprint density at radius 1 is 1.29 bits per heavy atom. The van der Waals surface area contributed by atoms with Gasteiger partial charge in [-0.3, -0.25) is 4.79 Å². The maximum Gasteiger partial charge on any atom is 0.333 e. The number of rotatable bonds is 8. The number of carbonyl (C=O) groups is 2. The average Bonchev–Trinajstić information content (AvgIpc) is 2.24. The lowest BCUT2D eigenvalue weighted by molar-refractivity contribution is -0.155. The van der Waals surface area contributed by atoms with E-state index in [1.807, 2.05) is 13.8 Å². The summed E-state index contributed by atoms with van der Waals surface area (Å²) in [5.74, 6) is -2.11. The van der Waals surface area contributed by atoms with Crippen molar-refractivity contribution in [1.29, 1.82) is 0 Å². The van der Waals surface area contributed by atoms with E-state index in [2.05, 4.69) is 4.90 Å². The molecule has 102 valence electrons. The molecule has 0 radical (unpaired) electrons. The predicted octanol–water partition coefficient (Wildman–Crippen LogP) is -0.131. The van der Waals surface area contributed by atoms with Crippen molar-refractivity contribution in [2.24, 2.45) is 0 Å². The van der Waals surface area contributed by atoms with Crippen LogP contribution in [0.2, 0.25) is 0 Å². The second-order valence-electron chi connectivity index (χ2n) is 3.31. The molecular formula is C10H22N2O5. The highest BCUT2D eigenvalue weighted by Crippen LogP contribution is 1.95. The van der Waals surface area contributed by atoms with Crippen molar-refractivity contribution in [3.8, 4) is 0 Å². The van der Waals surface area contributed by atoms with E-state index >= 15 is 0 Å². The summed E-state index contributed by atoms with van der Waals surface area (Å²) in [4.78, 5) is 23.4. The Bertz CT molecular complexity index is 231. The fraction of sp³-hybridized carbons (Fsp3) is 0.800. The minimum Gasteiger partial charge on any atom is -0.479 e. The zero-order valence-corrected chi connectivity index (χ0v) is 10.4. The maximum atomic E-state index is 11.1. The molecule has 0 fully saturated rings. The fourth-order valence-corrected chi connectivity index (χ4v) is 1.13. The summed E-state index contributed by atoms with van der Waals surface area (Å²) in [7, 11) is 0. The van der Waals surface area contributed by atoms with Gasteiger partial charge in [-0.2, -0.15) is 0 Å². The van der Waals surface area contributed by atoms with Crippen LogP contribution in [0.25, 0.3) is 0 Å². The molecule has 0 aliphatic carbocycles. The van der Waals surface area contributed by atoms with Gasteiger partial charge in [-0.15, -0.1) is 0 Å². The largest absolute Gasteiger partial charge is 0.479 e. The zero-order valence-electron chi connectivity index (χ0n) is 10.4. The molecule has 0 spiro atoms. The summed E-state index contributed by atoms with van der Waals surface area (Å²) < 4.78 is 4.79. The van der Waals surface area contributed by atoms with Gasteiger partial charge in [0.05, 0.1) is 6.42 Å². The monoisotopic (exact) mass is 250 g/mol. The number of aliphatic hydroxyl groups is 1. The van der Waals surface area contributed by atoms with Crippen molar-refractivity contribution in [3.63, 3.8) is 0 Å². The van der Waals surface area contributed by atoms with E-state index in [1.54, 1.807) is 0 Å². The lowest BCUT2D eigenvalue weighted by atomic mass is 10.2. The third kappa shape index (κ3) is 8.61. The zero-order chi connectivity index (χ0) is 12.6. The van der Waals surface area contributed by atoms with Crippen molar-refractivity contribution in [3.05, 3.63) is 0 Å². The SMILES string of the molecule is CCN(CC)CCOC(=O)CC(O)C(=O)O.N. The van der Waals surface area contributed by atoms with Gasteiger partial charge in [0.15, 0.2) is 6.10 Å². The number of likely N-dealkylation sites (N-methyl/N-ethyl adjacent to an activating group) is 1. The Labute approximate surface area is 101 Å². The first kappa shape index (κ1) is 18.2. The molecule has 0 aliphatic rings. The van der Waals surface area contributed by atoms with E-state index in [4.69, 9.17) is 14.9 Å². The lowest BCUT2D eigenvalue weighted by Crippen LogP contribution is -2.29. The highest BCUT2D eigenvalue weighted by atomic mass is 16.5. The standard InChI is InChI=1S/C10H19NO5.H3N/c1-3-11(4-2)5-6-16-9(13)7-8(12)10(14)15;/h8,12H,3-7H2,1-2H3,(H,14,15);1H3. The number of aliphatic hydroxyl groups excluding tert-OH is 1. The number of esters is 1. The van der Waals surface area contributed by atoms with Crippen LogP contribution >= 0.6 is 0 Å². The van der Waals surface area contributed by atoms with Crippen molar-refractivity contribution >= 4 is 11.9 Å². The Morgan fingerprint density at radius 3 is 2.24 bits per heavy atom. The second-order valence-corrected chi connectivity index (χ2v) is 3.31. The molecule has 0 aromatic carbocycles. The molecule has 5 N–H and O–H groups in total. The van der Waals surface area contributed by atoms with E-state index in [9.17, 15) is 9.59 Å². The van der Waals surface area contributed by atoms with Crippen molar-refractivity contribution in [1.82, 2.24) is 11.1 Å². The summed E-state index contributed by atoms with van der Waals surface area (Å²) in [5.41, 5.74) is 0. The molecule has 0 heterocycles. The molecule has 0 saturated carbocycles. The highest BCUT2D eigenvalue weighted by Gasteiger charge is 2.18. The van der Waals surface area contributed by atoms with Gasteiger partial charge >= 0.3 is 11.9 Å². The van der Waals surface area contributed by atoms with E-state index in [0.29, 0.717) is 6.54 Å². The second kappa shape index (κ2) is 10.0. The molecule has 0 saturated heterocycles. The average molecular weight is 250 g/mol. The summed E-state index contributed by atoms with van der Waals surface area (Å²) in [6.45, 7) is 6.56. The Balaban J connectivity index is 0. The van der Waals surface area contributed by atoms with Crippen LogP contribution in [0.3, 0.4) is 0 Å². The van der Waals surface area contributed by atoms with E-state index in [-0.39, 0.29) is 12.8 Å². The van der Waals surface area contributed by atoms with Gasteiger partial charge in [-0.25, -0.2) is 4.79 Å². The third-order valence-electron chi connectivity index (χ3n) is 2.21. The van der Waals surface area contributed by atoms with Crippen LogP contribution in [0.5, 0.6) is 0 Å². The van der Waals surface area contributed by atoms with Crippen LogP contribution in [0.1, 0.15) is 20.3 Å². The van der Waals surface area contributed by atoms with Crippen LogP contribution < -0.4 is 6.15 Å². The number of hydrogen-bond donors (Lipinski definition) is 3. The van der Waals surface area contributed by atoms with Crippen molar-refractivity contribution < 1.29 is 24.5 Å². The molecule has 17 heavy (non-hydrogen) atoms. The number of carboxylic acid groups (broad SMARTS) is 1. The molecule has 0 aliphatic heterocycles. The third-order valence-corrected chi connectivity index (χ3v) is 2.21. The number of nitrogens with zero attached hydrogens (tertiary/aromatic N) is 1. The maximum absolute atomic E-state index is 11.1. The number of carboxylic acids is 1. The molecule has 1 unspecified atom stereocenters. The summed E-state index contributed by atoms with van der Waals surface area (Å²) in [5, 5.41) is 17.2. The van der Waals surface area contributed by atoms with Gasteiger partial charge in [-0.1, -0.05) is 13.8 Å². The number of aliphatic carboxylic acids is 1. The van der Waals surface area contributed by atoms with Crippen molar-refractivity contribution in [2.75, 3.05) is 26.2 Å². The molecule has 1 atom stereocenters. The Kier molecular flexibility index (Phi) is 10.7. The number of hydrogen-bond acceptors (Lipinski definition) is 6. The van der Waals surface area contributed by atoms with E-state index in [1.165, 1.54) is 0 Å². The molecule has 0 amide bonds. The fourth-order valence-electron chi connectivity index (χ4n) is 1.13. The molecule has 0 rings (SSSR count). The lowest BCUT2D eigenvalue weighted by Gasteiger charge is -2.17. The molecule has 0 aromatic heterocycles. The number of carbonyl (C=O) groups excluding carboxylic acids is 1. The van der Waals surface area contributed by atoms with Crippen LogP contribution in [-0.2, 0) is 14.3 Å². The van der Waals surface area contributed by atoms with Crippen LogP contribution in [0, 0.1) is 0 Å². The summed E-state index contributed by atoms with van der Waals surface area (Å²) >= 11 is 0. The van der Waals surface area contributed by atoms with Gasteiger partial charge in [-0.05, 0) is 13.1 Å². The van der Waals surface area contributed by atoms with Crippen LogP contribution in [0.15, 0.2) is 0 Å². The Morgan fingerprint density at radius 2 is 1.82 bits per heavy atom.